The summed E-state index contributed by atoms with van der Waals surface area (Å²) in [5.41, 5.74) is 3.09. The zero-order chi connectivity index (χ0) is 22.0. The van der Waals surface area contributed by atoms with E-state index in [0.29, 0.717) is 22.7 Å². The van der Waals surface area contributed by atoms with Crippen molar-refractivity contribution in [2.24, 2.45) is 0 Å². The Morgan fingerprint density at radius 1 is 1.13 bits per heavy atom. The summed E-state index contributed by atoms with van der Waals surface area (Å²) in [5, 5.41) is 11.2. The molecule has 2 heterocycles. The maximum absolute atomic E-state index is 13.2. The normalized spacial score (nSPS) is 16.1. The molecular formula is C25H21ClN2O3. The number of aromatic nitrogens is 1. The average molecular weight is 433 g/mol. The van der Waals surface area contributed by atoms with Crippen LogP contribution in [0.15, 0.2) is 84.4 Å². The van der Waals surface area contributed by atoms with E-state index in [2.05, 4.69) is 4.98 Å². The van der Waals surface area contributed by atoms with Crippen molar-refractivity contribution in [2.45, 2.75) is 25.8 Å². The summed E-state index contributed by atoms with van der Waals surface area (Å²) in [6.07, 6.45) is 3.92. The molecule has 156 valence electrons. The highest BCUT2D eigenvalue weighted by Crippen LogP contribution is 2.42. The van der Waals surface area contributed by atoms with Crippen molar-refractivity contribution in [3.63, 3.8) is 0 Å². The van der Waals surface area contributed by atoms with Gasteiger partial charge in [0.05, 0.1) is 11.6 Å². The molecule has 1 N–H and O–H groups in total. The zero-order valence-corrected chi connectivity index (χ0v) is 17.7. The molecule has 0 bridgehead atoms. The molecule has 2 aromatic carbocycles. The zero-order valence-electron chi connectivity index (χ0n) is 17.0. The third kappa shape index (κ3) is 4.09. The highest BCUT2D eigenvalue weighted by Gasteiger charge is 2.44. The lowest BCUT2D eigenvalue weighted by molar-refractivity contribution is -0.118. The number of nitrogens with zero attached hydrogens (tertiary/aromatic N) is 2. The maximum Gasteiger partial charge on any atom is 0.294 e. The molecule has 5 nitrogen and oxygen atoms in total. The molecule has 31 heavy (non-hydrogen) atoms. The second kappa shape index (κ2) is 8.74. The first-order valence-electron chi connectivity index (χ1n) is 9.97. The van der Waals surface area contributed by atoms with Gasteiger partial charge in [0, 0.05) is 29.5 Å². The number of aryl methyl sites for hydroxylation is 2. The van der Waals surface area contributed by atoms with Crippen LogP contribution in [0.1, 0.15) is 29.2 Å². The monoisotopic (exact) mass is 432 g/mol. The fraction of sp³-hybridized carbons (Fsp3) is 0.160. The number of hydrogen-bond acceptors (Lipinski definition) is 4. The van der Waals surface area contributed by atoms with Crippen molar-refractivity contribution in [1.82, 2.24) is 4.98 Å². The van der Waals surface area contributed by atoms with Gasteiger partial charge in [0.15, 0.2) is 11.5 Å². The Labute approximate surface area is 185 Å². The first kappa shape index (κ1) is 20.8. The molecule has 0 radical (unpaired) electrons. The quantitative estimate of drug-likeness (QED) is 0.585. The van der Waals surface area contributed by atoms with E-state index in [9.17, 15) is 14.7 Å². The second-order valence-corrected chi connectivity index (χ2v) is 7.90. The maximum atomic E-state index is 13.2. The molecule has 1 aliphatic heterocycles. The second-order valence-electron chi connectivity index (χ2n) is 7.47. The molecule has 0 aliphatic carbocycles. The van der Waals surface area contributed by atoms with Gasteiger partial charge in [-0.15, -0.1) is 0 Å². The number of aliphatic hydroxyl groups excluding tert-OH is 1. The number of anilines is 1. The first-order chi connectivity index (χ1) is 15.0. The van der Waals surface area contributed by atoms with Crippen LogP contribution < -0.4 is 4.90 Å². The Morgan fingerprint density at radius 2 is 1.90 bits per heavy atom. The topological polar surface area (TPSA) is 70.5 Å². The van der Waals surface area contributed by atoms with E-state index in [1.54, 1.807) is 42.7 Å². The number of ketones is 1. The number of aliphatic hydroxyl groups is 1. The van der Waals surface area contributed by atoms with Gasteiger partial charge in [0.25, 0.3) is 5.91 Å². The molecule has 1 aliphatic rings. The van der Waals surface area contributed by atoms with Crippen LogP contribution in [0.3, 0.4) is 0 Å². The molecule has 1 atom stereocenters. The van der Waals surface area contributed by atoms with Gasteiger partial charge in [-0.1, -0.05) is 54.1 Å². The SMILES string of the molecule is Cc1ccc(Cl)cc1N1C(=O)C(O)=C(C(=O)CCc2ccccc2)C1c1cccnc1. The van der Waals surface area contributed by atoms with Gasteiger partial charge in [-0.3, -0.25) is 19.5 Å². The van der Waals surface area contributed by atoms with Crippen molar-refractivity contribution < 1.29 is 14.7 Å². The van der Waals surface area contributed by atoms with E-state index in [-0.39, 0.29) is 17.8 Å². The van der Waals surface area contributed by atoms with E-state index in [1.807, 2.05) is 37.3 Å². The summed E-state index contributed by atoms with van der Waals surface area (Å²) < 4.78 is 0. The molecule has 0 spiro atoms. The molecule has 3 aromatic rings. The van der Waals surface area contributed by atoms with Crippen LogP contribution in [0, 0.1) is 6.92 Å². The largest absolute Gasteiger partial charge is 0.503 e. The number of carbonyl (C=O) groups excluding carboxylic acids is 2. The molecule has 0 saturated carbocycles. The Morgan fingerprint density at radius 3 is 2.61 bits per heavy atom. The fourth-order valence-corrected chi connectivity index (χ4v) is 4.04. The van der Waals surface area contributed by atoms with Gasteiger partial charge in [-0.05, 0) is 48.2 Å². The predicted octanol–water partition coefficient (Wildman–Crippen LogP) is 5.15. The van der Waals surface area contributed by atoms with Crippen LogP contribution in [-0.2, 0) is 16.0 Å². The lowest BCUT2D eigenvalue weighted by Gasteiger charge is -2.28. The van der Waals surface area contributed by atoms with E-state index >= 15 is 0 Å². The number of amides is 1. The smallest absolute Gasteiger partial charge is 0.294 e. The standard InChI is InChI=1S/C25H21ClN2O3/c1-16-9-11-19(26)14-20(16)28-23(18-8-5-13-27-15-18)22(24(30)25(28)31)21(29)12-10-17-6-3-2-4-7-17/h2-9,11,13-15,23,30H,10,12H2,1H3. The fourth-order valence-electron chi connectivity index (χ4n) is 3.87. The molecular weight excluding hydrogens is 412 g/mol. The minimum atomic E-state index is -0.776. The van der Waals surface area contributed by atoms with Crippen LogP contribution >= 0.6 is 11.6 Å². The number of rotatable bonds is 6. The van der Waals surface area contributed by atoms with Crippen molar-refractivity contribution in [3.8, 4) is 0 Å². The minimum absolute atomic E-state index is 0.0910. The van der Waals surface area contributed by atoms with Gasteiger partial charge in [-0.25, -0.2) is 0 Å². The molecule has 1 aromatic heterocycles. The Bertz CT molecular complexity index is 1160. The van der Waals surface area contributed by atoms with Crippen molar-refractivity contribution in [2.75, 3.05) is 4.90 Å². The van der Waals surface area contributed by atoms with Crippen molar-refractivity contribution in [1.29, 1.82) is 0 Å². The summed E-state index contributed by atoms with van der Waals surface area (Å²) in [7, 11) is 0. The summed E-state index contributed by atoms with van der Waals surface area (Å²) in [5.74, 6) is -1.42. The number of halogens is 1. The van der Waals surface area contributed by atoms with Gasteiger partial charge in [-0.2, -0.15) is 0 Å². The Hall–Kier alpha value is -3.44. The Kier molecular flexibility index (Phi) is 5.87. The first-order valence-corrected chi connectivity index (χ1v) is 10.3. The van der Waals surface area contributed by atoms with Gasteiger partial charge in [0.1, 0.15) is 0 Å². The number of benzene rings is 2. The molecule has 0 fully saturated rings. The van der Waals surface area contributed by atoms with Gasteiger partial charge in [0.2, 0.25) is 0 Å². The number of pyridine rings is 1. The highest BCUT2D eigenvalue weighted by atomic mass is 35.5. The summed E-state index contributed by atoms with van der Waals surface area (Å²) >= 11 is 6.20. The molecule has 6 heteroatoms. The van der Waals surface area contributed by atoms with E-state index in [0.717, 1.165) is 11.1 Å². The number of carbonyl (C=O) groups is 2. The van der Waals surface area contributed by atoms with E-state index < -0.39 is 17.7 Å². The molecule has 4 rings (SSSR count). The van der Waals surface area contributed by atoms with E-state index in [4.69, 9.17) is 11.6 Å². The molecule has 1 unspecified atom stereocenters. The van der Waals surface area contributed by atoms with E-state index in [1.165, 1.54) is 4.90 Å². The van der Waals surface area contributed by atoms with Crippen LogP contribution in [0.2, 0.25) is 5.02 Å². The van der Waals surface area contributed by atoms with Gasteiger partial charge < -0.3 is 5.11 Å². The lowest BCUT2D eigenvalue weighted by Crippen LogP contribution is -2.31. The summed E-state index contributed by atoms with van der Waals surface area (Å²) in [4.78, 5) is 32.0. The van der Waals surface area contributed by atoms with Gasteiger partial charge >= 0.3 is 0 Å². The number of hydrogen-bond donors (Lipinski definition) is 1. The summed E-state index contributed by atoms with van der Waals surface area (Å²) in [6.45, 7) is 1.85. The van der Waals surface area contributed by atoms with Crippen molar-refractivity contribution in [3.05, 3.63) is 106 Å². The lowest BCUT2D eigenvalue weighted by atomic mass is 9.93. The van der Waals surface area contributed by atoms with Crippen LogP contribution in [0.4, 0.5) is 5.69 Å². The molecule has 0 saturated heterocycles. The van der Waals surface area contributed by atoms with Crippen LogP contribution in [-0.4, -0.2) is 21.8 Å². The predicted molar refractivity (Wildman–Crippen MR) is 120 cm³/mol. The van der Waals surface area contributed by atoms with Crippen LogP contribution in [0.25, 0.3) is 0 Å². The molecule has 1 amide bonds. The van der Waals surface area contributed by atoms with Crippen LogP contribution in [0.5, 0.6) is 0 Å². The minimum Gasteiger partial charge on any atom is -0.503 e. The third-order valence-electron chi connectivity index (χ3n) is 5.42. The Balaban J connectivity index is 1.75. The third-order valence-corrected chi connectivity index (χ3v) is 5.66. The average Bonchev–Trinajstić information content (AvgIpc) is 3.06. The van der Waals surface area contributed by atoms with Crippen molar-refractivity contribution >= 4 is 29.0 Å². The summed E-state index contributed by atoms with van der Waals surface area (Å²) in [6, 6.07) is 17.6. The highest BCUT2D eigenvalue weighted by molar-refractivity contribution is 6.31. The number of Topliss-reactive ketones (excluding diaryl/α,β-unsaturated/α-hetero) is 1.